The molecule has 2 aromatic rings. The van der Waals surface area contributed by atoms with Crippen LogP contribution in [0.1, 0.15) is 24.3 Å². The van der Waals surface area contributed by atoms with Gasteiger partial charge in [-0.3, -0.25) is 0 Å². The average Bonchev–Trinajstić information content (AvgIpc) is 2.86. The zero-order valence-corrected chi connectivity index (χ0v) is 10.0. The van der Waals surface area contributed by atoms with Crippen LogP contribution in [0.5, 0.6) is 5.75 Å². The van der Waals surface area contributed by atoms with Crippen LogP contribution in [0.4, 0.5) is 0 Å². The highest BCUT2D eigenvalue weighted by Crippen LogP contribution is 2.20. The minimum absolute atomic E-state index is 0.0327. The standard InChI is InChI=1S/C14H18N2O/c1-11(14-3-2-10-16-14)17-13-6-4-12(5-7-13)8-9-15/h2-7,10-11,16H,8-9,15H2,1H3. The lowest BCUT2D eigenvalue weighted by Gasteiger charge is -2.13. The van der Waals surface area contributed by atoms with E-state index in [2.05, 4.69) is 17.1 Å². The number of H-pyrrole nitrogens is 1. The number of benzene rings is 1. The van der Waals surface area contributed by atoms with Gasteiger partial charge in [0, 0.05) is 6.20 Å². The number of aromatic nitrogens is 1. The Kier molecular flexibility index (Phi) is 3.83. The van der Waals surface area contributed by atoms with Crippen LogP contribution in [0.15, 0.2) is 42.6 Å². The molecule has 0 spiro atoms. The molecule has 0 amide bonds. The van der Waals surface area contributed by atoms with Gasteiger partial charge in [0.15, 0.2) is 0 Å². The third kappa shape index (κ3) is 3.11. The van der Waals surface area contributed by atoms with Crippen molar-refractivity contribution < 1.29 is 4.74 Å². The van der Waals surface area contributed by atoms with Gasteiger partial charge in [-0.15, -0.1) is 0 Å². The smallest absolute Gasteiger partial charge is 0.136 e. The maximum absolute atomic E-state index is 5.83. The van der Waals surface area contributed by atoms with Crippen molar-refractivity contribution in [1.29, 1.82) is 0 Å². The number of rotatable bonds is 5. The van der Waals surface area contributed by atoms with Crippen LogP contribution >= 0.6 is 0 Å². The summed E-state index contributed by atoms with van der Waals surface area (Å²) < 4.78 is 5.83. The maximum atomic E-state index is 5.83. The number of ether oxygens (including phenoxy) is 1. The second kappa shape index (κ2) is 5.55. The molecular weight excluding hydrogens is 212 g/mol. The van der Waals surface area contributed by atoms with Crippen molar-refractivity contribution in [3.8, 4) is 5.75 Å². The Morgan fingerprint density at radius 3 is 2.59 bits per heavy atom. The summed E-state index contributed by atoms with van der Waals surface area (Å²) in [5.74, 6) is 0.882. The van der Waals surface area contributed by atoms with Gasteiger partial charge in [0.05, 0.1) is 5.69 Å². The van der Waals surface area contributed by atoms with Crippen LogP contribution < -0.4 is 10.5 Å². The molecule has 0 fully saturated rings. The van der Waals surface area contributed by atoms with E-state index in [0.29, 0.717) is 6.54 Å². The Morgan fingerprint density at radius 2 is 2.00 bits per heavy atom. The van der Waals surface area contributed by atoms with E-state index in [1.165, 1.54) is 5.56 Å². The zero-order valence-electron chi connectivity index (χ0n) is 10.0. The average molecular weight is 230 g/mol. The number of nitrogens with one attached hydrogen (secondary N) is 1. The molecule has 3 N–H and O–H groups in total. The van der Waals surface area contributed by atoms with Crippen molar-refractivity contribution in [1.82, 2.24) is 4.98 Å². The molecule has 0 radical (unpaired) electrons. The first-order chi connectivity index (χ1) is 8.29. The van der Waals surface area contributed by atoms with E-state index in [9.17, 15) is 0 Å². The monoisotopic (exact) mass is 230 g/mol. The predicted octanol–water partition coefficient (Wildman–Crippen LogP) is 2.66. The summed E-state index contributed by atoms with van der Waals surface area (Å²) in [6.07, 6.45) is 2.84. The molecule has 0 aliphatic rings. The predicted molar refractivity (Wildman–Crippen MR) is 69.0 cm³/mol. The minimum Gasteiger partial charge on any atom is -0.485 e. The normalized spacial score (nSPS) is 12.4. The van der Waals surface area contributed by atoms with Crippen LogP contribution in [0.25, 0.3) is 0 Å². The third-order valence-corrected chi connectivity index (χ3v) is 2.73. The molecule has 0 aliphatic carbocycles. The van der Waals surface area contributed by atoms with E-state index in [4.69, 9.17) is 10.5 Å². The lowest BCUT2D eigenvalue weighted by molar-refractivity contribution is 0.222. The SMILES string of the molecule is CC(Oc1ccc(CCN)cc1)c1ccc[nH]1. The summed E-state index contributed by atoms with van der Waals surface area (Å²) in [6.45, 7) is 2.71. The summed E-state index contributed by atoms with van der Waals surface area (Å²) in [4.78, 5) is 3.15. The highest BCUT2D eigenvalue weighted by Gasteiger charge is 2.07. The largest absolute Gasteiger partial charge is 0.485 e. The van der Waals surface area contributed by atoms with Crippen LogP contribution in [0, 0.1) is 0 Å². The second-order valence-corrected chi connectivity index (χ2v) is 4.07. The Morgan fingerprint density at radius 1 is 1.24 bits per heavy atom. The molecule has 90 valence electrons. The second-order valence-electron chi connectivity index (χ2n) is 4.07. The maximum Gasteiger partial charge on any atom is 0.136 e. The van der Waals surface area contributed by atoms with Gasteiger partial charge >= 0.3 is 0 Å². The Labute approximate surface area is 102 Å². The Bertz CT molecular complexity index is 434. The Hall–Kier alpha value is -1.74. The van der Waals surface area contributed by atoms with Crippen molar-refractivity contribution >= 4 is 0 Å². The molecule has 0 saturated carbocycles. The van der Waals surface area contributed by atoms with Crippen molar-refractivity contribution in [2.45, 2.75) is 19.4 Å². The molecule has 1 unspecified atom stereocenters. The molecule has 0 saturated heterocycles. The van der Waals surface area contributed by atoms with E-state index in [-0.39, 0.29) is 6.10 Å². The van der Waals surface area contributed by atoms with Crippen molar-refractivity contribution in [3.63, 3.8) is 0 Å². The fourth-order valence-electron chi connectivity index (χ4n) is 1.77. The van der Waals surface area contributed by atoms with Gasteiger partial charge < -0.3 is 15.5 Å². The summed E-state index contributed by atoms with van der Waals surface area (Å²) in [7, 11) is 0. The summed E-state index contributed by atoms with van der Waals surface area (Å²) in [6, 6.07) is 12.1. The van der Waals surface area contributed by atoms with Crippen LogP contribution in [-0.4, -0.2) is 11.5 Å². The van der Waals surface area contributed by atoms with Crippen molar-refractivity contribution in [3.05, 3.63) is 53.9 Å². The first-order valence-corrected chi connectivity index (χ1v) is 5.88. The van der Waals surface area contributed by atoms with Gasteiger partial charge in [-0.05, 0) is 49.7 Å². The summed E-state index contributed by atoms with van der Waals surface area (Å²) >= 11 is 0. The summed E-state index contributed by atoms with van der Waals surface area (Å²) in [5.41, 5.74) is 7.83. The van der Waals surface area contributed by atoms with Gasteiger partial charge in [0.25, 0.3) is 0 Å². The van der Waals surface area contributed by atoms with E-state index in [1.54, 1.807) is 0 Å². The lowest BCUT2D eigenvalue weighted by Crippen LogP contribution is -2.04. The van der Waals surface area contributed by atoms with E-state index in [1.807, 2.05) is 37.4 Å². The molecule has 1 aromatic carbocycles. The van der Waals surface area contributed by atoms with Gasteiger partial charge in [-0.1, -0.05) is 12.1 Å². The number of hydrogen-bond donors (Lipinski definition) is 2. The van der Waals surface area contributed by atoms with Gasteiger partial charge in [0.2, 0.25) is 0 Å². The van der Waals surface area contributed by atoms with Crippen LogP contribution in [-0.2, 0) is 6.42 Å². The molecule has 1 atom stereocenters. The molecule has 3 nitrogen and oxygen atoms in total. The number of aromatic amines is 1. The van der Waals surface area contributed by atoms with Gasteiger partial charge in [-0.25, -0.2) is 0 Å². The minimum atomic E-state index is 0.0327. The quantitative estimate of drug-likeness (QED) is 0.829. The molecule has 0 aliphatic heterocycles. The number of nitrogens with two attached hydrogens (primary N) is 1. The summed E-state index contributed by atoms with van der Waals surface area (Å²) in [5, 5.41) is 0. The molecule has 2 rings (SSSR count). The van der Waals surface area contributed by atoms with Gasteiger partial charge in [-0.2, -0.15) is 0 Å². The molecule has 0 bridgehead atoms. The molecular formula is C14H18N2O. The van der Waals surface area contributed by atoms with Crippen molar-refractivity contribution in [2.75, 3.05) is 6.54 Å². The first-order valence-electron chi connectivity index (χ1n) is 5.88. The zero-order chi connectivity index (χ0) is 12.1. The van der Waals surface area contributed by atoms with E-state index in [0.717, 1.165) is 17.9 Å². The molecule has 1 heterocycles. The van der Waals surface area contributed by atoms with Gasteiger partial charge in [0.1, 0.15) is 11.9 Å². The first kappa shape index (κ1) is 11.7. The fourth-order valence-corrected chi connectivity index (χ4v) is 1.77. The van der Waals surface area contributed by atoms with Crippen molar-refractivity contribution in [2.24, 2.45) is 5.73 Å². The van der Waals surface area contributed by atoms with Crippen LogP contribution in [0.3, 0.4) is 0 Å². The molecule has 3 heteroatoms. The number of hydrogen-bond acceptors (Lipinski definition) is 2. The van der Waals surface area contributed by atoms with E-state index >= 15 is 0 Å². The molecule has 1 aromatic heterocycles. The third-order valence-electron chi connectivity index (χ3n) is 2.73. The Balaban J connectivity index is 1.99. The van der Waals surface area contributed by atoms with Crippen LogP contribution in [0.2, 0.25) is 0 Å². The highest BCUT2D eigenvalue weighted by molar-refractivity contribution is 5.28. The highest BCUT2D eigenvalue weighted by atomic mass is 16.5. The topological polar surface area (TPSA) is 51.0 Å². The fraction of sp³-hybridized carbons (Fsp3) is 0.286. The molecule has 17 heavy (non-hydrogen) atoms. The lowest BCUT2D eigenvalue weighted by atomic mass is 10.1. The van der Waals surface area contributed by atoms with E-state index < -0.39 is 0 Å².